The highest BCUT2D eigenvalue weighted by Crippen LogP contribution is 2.25. The first-order chi connectivity index (χ1) is 8.12. The van der Waals surface area contributed by atoms with Gasteiger partial charge in [-0.25, -0.2) is 0 Å². The fourth-order valence-corrected chi connectivity index (χ4v) is 2.26. The number of anilines is 1. The first-order valence-electron chi connectivity index (χ1n) is 6.09. The summed E-state index contributed by atoms with van der Waals surface area (Å²) >= 11 is 0. The van der Waals surface area contributed by atoms with Gasteiger partial charge in [0.05, 0.1) is 24.1 Å². The van der Waals surface area contributed by atoms with E-state index in [1.807, 2.05) is 19.4 Å². The van der Waals surface area contributed by atoms with Gasteiger partial charge < -0.3 is 15.0 Å². The summed E-state index contributed by atoms with van der Waals surface area (Å²) in [6.07, 6.45) is 3.80. The van der Waals surface area contributed by atoms with Crippen LogP contribution in [0.4, 0.5) is 5.69 Å². The number of ether oxygens (including phenoxy) is 1. The molecule has 17 heavy (non-hydrogen) atoms. The quantitative estimate of drug-likeness (QED) is 0.859. The van der Waals surface area contributed by atoms with E-state index in [1.165, 1.54) is 11.3 Å². The van der Waals surface area contributed by atoms with E-state index in [9.17, 15) is 0 Å². The largest absolute Gasteiger partial charge is 0.372 e. The third-order valence-electron chi connectivity index (χ3n) is 3.02. The van der Waals surface area contributed by atoms with Crippen LogP contribution in [0, 0.1) is 0 Å². The highest BCUT2D eigenvalue weighted by molar-refractivity contribution is 5.52. The molecule has 1 fully saturated rings. The van der Waals surface area contributed by atoms with E-state index in [0.29, 0.717) is 0 Å². The van der Waals surface area contributed by atoms with Crippen LogP contribution in [-0.4, -0.2) is 37.3 Å². The molecule has 2 heterocycles. The van der Waals surface area contributed by atoms with Gasteiger partial charge in [-0.1, -0.05) is 0 Å². The third kappa shape index (κ3) is 2.96. The number of pyridine rings is 1. The van der Waals surface area contributed by atoms with Gasteiger partial charge in [-0.15, -0.1) is 0 Å². The van der Waals surface area contributed by atoms with Gasteiger partial charge in [0.2, 0.25) is 0 Å². The van der Waals surface area contributed by atoms with E-state index < -0.39 is 0 Å². The van der Waals surface area contributed by atoms with Crippen molar-refractivity contribution < 1.29 is 4.74 Å². The van der Waals surface area contributed by atoms with Gasteiger partial charge in [0.1, 0.15) is 0 Å². The molecule has 1 aliphatic rings. The van der Waals surface area contributed by atoms with E-state index in [4.69, 9.17) is 4.74 Å². The van der Waals surface area contributed by atoms with E-state index >= 15 is 0 Å². The molecule has 1 aromatic rings. The topological polar surface area (TPSA) is 37.4 Å². The Morgan fingerprint density at radius 2 is 2.35 bits per heavy atom. The summed E-state index contributed by atoms with van der Waals surface area (Å²) in [5.74, 6) is 0. The number of nitrogens with one attached hydrogen (secondary N) is 1. The van der Waals surface area contributed by atoms with Crippen molar-refractivity contribution in [2.75, 3.05) is 31.6 Å². The second-order valence-corrected chi connectivity index (χ2v) is 5.06. The highest BCUT2D eigenvalue weighted by atomic mass is 16.5. The van der Waals surface area contributed by atoms with E-state index in [2.05, 4.69) is 35.1 Å². The molecule has 0 atom stereocenters. The van der Waals surface area contributed by atoms with Crippen LogP contribution in [0.3, 0.4) is 0 Å². The number of hydrogen-bond acceptors (Lipinski definition) is 4. The van der Waals surface area contributed by atoms with Crippen molar-refractivity contribution in [1.82, 2.24) is 10.3 Å². The SMILES string of the molecule is CNCc1ccncc1N1CCOC(C)(C)C1. The monoisotopic (exact) mass is 235 g/mol. The Hall–Kier alpha value is -1.13. The molecule has 0 unspecified atom stereocenters. The Balaban J connectivity index is 2.21. The first-order valence-corrected chi connectivity index (χ1v) is 6.09. The average Bonchev–Trinajstić information content (AvgIpc) is 2.29. The third-order valence-corrected chi connectivity index (χ3v) is 3.02. The summed E-state index contributed by atoms with van der Waals surface area (Å²) < 4.78 is 5.74. The van der Waals surface area contributed by atoms with Crippen molar-refractivity contribution in [3.8, 4) is 0 Å². The predicted molar refractivity (Wildman–Crippen MR) is 69.2 cm³/mol. The molecule has 1 aromatic heterocycles. The minimum Gasteiger partial charge on any atom is -0.372 e. The lowest BCUT2D eigenvalue weighted by Gasteiger charge is -2.40. The molecule has 0 aromatic carbocycles. The van der Waals surface area contributed by atoms with Gasteiger partial charge in [0.25, 0.3) is 0 Å². The Labute approximate surface area is 103 Å². The van der Waals surface area contributed by atoms with Crippen molar-refractivity contribution in [3.63, 3.8) is 0 Å². The molecule has 4 nitrogen and oxygen atoms in total. The molecule has 0 aliphatic carbocycles. The highest BCUT2D eigenvalue weighted by Gasteiger charge is 2.28. The van der Waals surface area contributed by atoms with Gasteiger partial charge in [0, 0.05) is 25.8 Å². The number of nitrogens with zero attached hydrogens (tertiary/aromatic N) is 2. The van der Waals surface area contributed by atoms with Gasteiger partial charge >= 0.3 is 0 Å². The van der Waals surface area contributed by atoms with Crippen molar-refractivity contribution in [3.05, 3.63) is 24.0 Å². The maximum absolute atomic E-state index is 5.74. The lowest BCUT2D eigenvalue weighted by Crippen LogP contribution is -2.48. The van der Waals surface area contributed by atoms with Crippen LogP contribution < -0.4 is 10.2 Å². The lowest BCUT2D eigenvalue weighted by molar-refractivity contribution is -0.0277. The van der Waals surface area contributed by atoms with Crippen molar-refractivity contribution in [2.45, 2.75) is 26.0 Å². The average molecular weight is 235 g/mol. The fraction of sp³-hybridized carbons (Fsp3) is 0.615. The molecule has 0 bridgehead atoms. The minimum atomic E-state index is -0.0784. The molecule has 2 rings (SSSR count). The Morgan fingerprint density at radius 3 is 3.06 bits per heavy atom. The minimum absolute atomic E-state index is 0.0784. The first kappa shape index (κ1) is 12.3. The molecule has 1 aliphatic heterocycles. The zero-order valence-corrected chi connectivity index (χ0v) is 10.9. The summed E-state index contributed by atoms with van der Waals surface area (Å²) in [6, 6.07) is 2.08. The van der Waals surface area contributed by atoms with Crippen LogP contribution in [0.15, 0.2) is 18.5 Å². The van der Waals surface area contributed by atoms with E-state index in [-0.39, 0.29) is 5.60 Å². The van der Waals surface area contributed by atoms with Gasteiger partial charge in [-0.2, -0.15) is 0 Å². The van der Waals surface area contributed by atoms with Gasteiger partial charge in [-0.3, -0.25) is 4.98 Å². The lowest BCUT2D eigenvalue weighted by atomic mass is 10.1. The maximum atomic E-state index is 5.74. The number of hydrogen-bond donors (Lipinski definition) is 1. The summed E-state index contributed by atoms with van der Waals surface area (Å²) in [7, 11) is 1.97. The van der Waals surface area contributed by atoms with Crippen molar-refractivity contribution in [1.29, 1.82) is 0 Å². The molecule has 94 valence electrons. The van der Waals surface area contributed by atoms with Crippen LogP contribution in [0.1, 0.15) is 19.4 Å². The molecular formula is C13H21N3O. The molecule has 0 amide bonds. The van der Waals surface area contributed by atoms with E-state index in [1.54, 1.807) is 0 Å². The second-order valence-electron chi connectivity index (χ2n) is 5.06. The van der Waals surface area contributed by atoms with Gasteiger partial charge in [-0.05, 0) is 32.5 Å². The zero-order valence-electron chi connectivity index (χ0n) is 10.9. The Bertz CT molecular complexity index is 379. The standard InChI is InChI=1S/C13H21N3O/c1-13(2)10-16(6-7-17-13)12-9-15-5-4-11(12)8-14-3/h4-5,9,14H,6-8,10H2,1-3H3. The van der Waals surface area contributed by atoms with Crippen molar-refractivity contribution in [2.24, 2.45) is 0 Å². The normalized spacial score (nSPS) is 19.4. The molecule has 4 heteroatoms. The summed E-state index contributed by atoms with van der Waals surface area (Å²) in [5.41, 5.74) is 2.43. The molecule has 0 radical (unpaired) electrons. The van der Waals surface area contributed by atoms with Gasteiger partial charge in [0.15, 0.2) is 0 Å². The number of rotatable bonds is 3. The number of aromatic nitrogens is 1. The second kappa shape index (κ2) is 5.02. The van der Waals surface area contributed by atoms with Crippen molar-refractivity contribution >= 4 is 5.69 Å². The van der Waals surface area contributed by atoms with Crippen LogP contribution in [-0.2, 0) is 11.3 Å². The maximum Gasteiger partial charge on any atom is 0.0801 e. The van der Waals surface area contributed by atoms with Crippen LogP contribution >= 0.6 is 0 Å². The molecule has 0 saturated carbocycles. The van der Waals surface area contributed by atoms with Crippen LogP contribution in [0.5, 0.6) is 0 Å². The van der Waals surface area contributed by atoms with E-state index in [0.717, 1.165) is 26.2 Å². The molecular weight excluding hydrogens is 214 g/mol. The summed E-state index contributed by atoms with van der Waals surface area (Å²) in [4.78, 5) is 6.60. The number of morpholine rings is 1. The molecule has 0 spiro atoms. The van der Waals surface area contributed by atoms with Crippen LogP contribution in [0.25, 0.3) is 0 Å². The smallest absolute Gasteiger partial charge is 0.0801 e. The summed E-state index contributed by atoms with van der Waals surface area (Å²) in [5, 5.41) is 3.20. The molecule has 1 saturated heterocycles. The fourth-order valence-electron chi connectivity index (χ4n) is 2.26. The Kier molecular flexibility index (Phi) is 3.64. The Morgan fingerprint density at radius 1 is 1.53 bits per heavy atom. The predicted octanol–water partition coefficient (Wildman–Crippen LogP) is 1.42. The zero-order chi connectivity index (χ0) is 12.3. The summed E-state index contributed by atoms with van der Waals surface area (Å²) in [6.45, 7) is 7.76. The molecule has 1 N–H and O–H groups in total. The van der Waals surface area contributed by atoms with Crippen LogP contribution in [0.2, 0.25) is 0 Å².